The molecule has 7 heteroatoms. The summed E-state index contributed by atoms with van der Waals surface area (Å²) in [6, 6.07) is -1.30. The Labute approximate surface area is 73.8 Å². The molecule has 0 aromatic carbocycles. The van der Waals surface area contributed by atoms with Crippen LogP contribution >= 0.6 is 0 Å². The lowest BCUT2D eigenvalue weighted by Crippen LogP contribution is -2.41. The Kier molecular flexibility index (Phi) is 4.45. The number of carboxylic acids is 1. The molecule has 0 rings (SSSR count). The predicted octanol–water partition coefficient (Wildman–Crippen LogP) is -1.62. The number of carbonyl (C=O) groups excluding carboxylic acids is 2. The molecule has 0 radical (unpaired) electrons. The highest BCUT2D eigenvalue weighted by Crippen LogP contribution is 1.93. The van der Waals surface area contributed by atoms with Crippen LogP contribution in [-0.2, 0) is 19.2 Å². The number of hydrogen-bond donors (Lipinski definition) is 3. The standard InChI is InChI=1S/C6H10N2O5/c1-3(9)8-4(6(11)12)2-5(10)13-7/h4H,2,7H2,1H3,(H,8,9)(H,11,12)/t4-/m0/s1. The maximum absolute atomic E-state index is 10.5. The van der Waals surface area contributed by atoms with Crippen LogP contribution in [0.25, 0.3) is 0 Å². The molecule has 1 amide bonds. The van der Waals surface area contributed by atoms with E-state index in [0.29, 0.717) is 0 Å². The first-order chi connectivity index (χ1) is 5.97. The van der Waals surface area contributed by atoms with E-state index in [2.05, 4.69) is 10.7 Å². The number of nitrogens with two attached hydrogens (primary N) is 1. The Hall–Kier alpha value is -1.63. The minimum atomic E-state index is -1.32. The number of aliphatic carboxylic acids is 1. The van der Waals surface area contributed by atoms with Gasteiger partial charge in [-0.05, 0) is 0 Å². The molecule has 0 aliphatic carbocycles. The third-order valence-corrected chi connectivity index (χ3v) is 1.18. The van der Waals surface area contributed by atoms with Gasteiger partial charge in [-0.1, -0.05) is 0 Å². The zero-order valence-corrected chi connectivity index (χ0v) is 6.94. The molecule has 4 N–H and O–H groups in total. The third kappa shape index (κ3) is 4.75. The molecule has 0 unspecified atom stereocenters. The first kappa shape index (κ1) is 11.4. The fourth-order valence-electron chi connectivity index (χ4n) is 0.660. The summed E-state index contributed by atoms with van der Waals surface area (Å²) in [5.74, 6) is 1.73. The summed E-state index contributed by atoms with van der Waals surface area (Å²) in [5.41, 5.74) is 0. The molecule has 0 aliphatic rings. The van der Waals surface area contributed by atoms with Crippen molar-refractivity contribution in [3.05, 3.63) is 0 Å². The second-order valence-corrected chi connectivity index (χ2v) is 2.29. The highest BCUT2D eigenvalue weighted by molar-refractivity contribution is 5.86. The number of hydrogen-bond acceptors (Lipinski definition) is 5. The molecule has 0 aromatic heterocycles. The summed E-state index contributed by atoms with van der Waals surface area (Å²) < 4.78 is 0. The van der Waals surface area contributed by atoms with Crippen molar-refractivity contribution in [2.75, 3.05) is 0 Å². The zero-order valence-electron chi connectivity index (χ0n) is 6.94. The fraction of sp³-hybridized carbons (Fsp3) is 0.500. The van der Waals surface area contributed by atoms with E-state index in [1.165, 1.54) is 0 Å². The Bertz CT molecular complexity index is 227. The Morgan fingerprint density at radius 3 is 2.38 bits per heavy atom. The van der Waals surface area contributed by atoms with Crippen LogP contribution in [0.3, 0.4) is 0 Å². The number of carbonyl (C=O) groups is 3. The van der Waals surface area contributed by atoms with Crippen molar-refractivity contribution in [2.24, 2.45) is 5.90 Å². The Morgan fingerprint density at radius 1 is 1.54 bits per heavy atom. The average molecular weight is 190 g/mol. The molecule has 1 atom stereocenters. The topological polar surface area (TPSA) is 119 Å². The summed E-state index contributed by atoms with van der Waals surface area (Å²) in [6.07, 6.45) is -0.495. The van der Waals surface area contributed by atoms with E-state index in [4.69, 9.17) is 5.11 Å². The molecular weight excluding hydrogens is 180 g/mol. The minimum absolute atomic E-state index is 0.495. The van der Waals surface area contributed by atoms with Crippen molar-refractivity contribution >= 4 is 17.8 Å². The van der Waals surface area contributed by atoms with Gasteiger partial charge in [-0.25, -0.2) is 4.79 Å². The van der Waals surface area contributed by atoms with Gasteiger partial charge in [0.1, 0.15) is 6.04 Å². The number of carboxylic acid groups (broad SMARTS) is 1. The Morgan fingerprint density at radius 2 is 2.08 bits per heavy atom. The van der Waals surface area contributed by atoms with Gasteiger partial charge in [-0.2, -0.15) is 5.90 Å². The molecule has 0 bridgehead atoms. The quantitative estimate of drug-likeness (QED) is 0.458. The monoisotopic (exact) mass is 190 g/mol. The van der Waals surface area contributed by atoms with Gasteiger partial charge in [0.2, 0.25) is 5.91 Å². The lowest BCUT2D eigenvalue weighted by atomic mass is 10.2. The largest absolute Gasteiger partial charge is 0.480 e. The minimum Gasteiger partial charge on any atom is -0.480 e. The molecule has 0 saturated carbocycles. The van der Waals surface area contributed by atoms with E-state index in [9.17, 15) is 14.4 Å². The normalized spacial score (nSPS) is 11.5. The zero-order chi connectivity index (χ0) is 10.4. The van der Waals surface area contributed by atoms with E-state index in [1.807, 2.05) is 5.32 Å². The molecule has 0 fully saturated rings. The van der Waals surface area contributed by atoms with E-state index in [-0.39, 0.29) is 0 Å². The summed E-state index contributed by atoms with van der Waals surface area (Å²) in [5, 5.41) is 10.6. The van der Waals surface area contributed by atoms with E-state index in [1.54, 1.807) is 0 Å². The summed E-state index contributed by atoms with van der Waals surface area (Å²) in [4.78, 5) is 35.2. The van der Waals surface area contributed by atoms with Gasteiger partial charge < -0.3 is 15.3 Å². The van der Waals surface area contributed by atoms with Crippen LogP contribution in [0.4, 0.5) is 0 Å². The van der Waals surface area contributed by atoms with Crippen LogP contribution in [0.1, 0.15) is 13.3 Å². The lowest BCUT2D eigenvalue weighted by molar-refractivity contribution is -0.150. The number of nitrogens with one attached hydrogen (secondary N) is 1. The molecule has 0 spiro atoms. The second kappa shape index (κ2) is 5.09. The van der Waals surface area contributed by atoms with Crippen molar-refractivity contribution < 1.29 is 24.3 Å². The van der Waals surface area contributed by atoms with Gasteiger partial charge >= 0.3 is 11.9 Å². The molecule has 0 aliphatic heterocycles. The van der Waals surface area contributed by atoms with Crippen LogP contribution in [-0.4, -0.2) is 29.0 Å². The molecule has 0 heterocycles. The summed E-state index contributed by atoms with van der Waals surface area (Å²) in [7, 11) is 0. The van der Waals surface area contributed by atoms with Gasteiger partial charge in [0.15, 0.2) is 0 Å². The van der Waals surface area contributed by atoms with Crippen molar-refractivity contribution in [3.8, 4) is 0 Å². The van der Waals surface area contributed by atoms with Gasteiger partial charge in [-0.3, -0.25) is 9.59 Å². The maximum Gasteiger partial charge on any atom is 0.327 e. The summed E-state index contributed by atoms with van der Waals surface area (Å²) >= 11 is 0. The fourth-order valence-corrected chi connectivity index (χ4v) is 0.660. The van der Waals surface area contributed by atoms with Crippen LogP contribution in [0, 0.1) is 0 Å². The first-order valence-corrected chi connectivity index (χ1v) is 3.36. The van der Waals surface area contributed by atoms with Crippen molar-refractivity contribution in [1.29, 1.82) is 0 Å². The smallest absolute Gasteiger partial charge is 0.327 e. The SMILES string of the molecule is CC(=O)N[C@@H](CC(=O)ON)C(=O)O. The van der Waals surface area contributed by atoms with Crippen LogP contribution < -0.4 is 11.2 Å². The van der Waals surface area contributed by atoms with E-state index >= 15 is 0 Å². The van der Waals surface area contributed by atoms with Gasteiger partial charge in [-0.15, -0.1) is 0 Å². The number of amides is 1. The highest BCUT2D eigenvalue weighted by atomic mass is 16.7. The third-order valence-electron chi connectivity index (χ3n) is 1.18. The van der Waals surface area contributed by atoms with E-state index in [0.717, 1.165) is 6.92 Å². The molecule has 0 aromatic rings. The lowest BCUT2D eigenvalue weighted by Gasteiger charge is -2.10. The van der Waals surface area contributed by atoms with Gasteiger partial charge in [0.05, 0.1) is 6.42 Å². The predicted molar refractivity (Wildman–Crippen MR) is 40.1 cm³/mol. The van der Waals surface area contributed by atoms with Crippen molar-refractivity contribution in [2.45, 2.75) is 19.4 Å². The van der Waals surface area contributed by atoms with E-state index < -0.39 is 30.3 Å². The highest BCUT2D eigenvalue weighted by Gasteiger charge is 2.22. The van der Waals surface area contributed by atoms with Crippen LogP contribution in [0.2, 0.25) is 0 Å². The first-order valence-electron chi connectivity index (χ1n) is 3.36. The number of rotatable bonds is 4. The summed E-state index contributed by atoms with van der Waals surface area (Å²) in [6.45, 7) is 1.14. The van der Waals surface area contributed by atoms with Gasteiger partial charge in [0, 0.05) is 6.92 Å². The average Bonchev–Trinajstić information content (AvgIpc) is 2.02. The molecule has 0 saturated heterocycles. The van der Waals surface area contributed by atoms with Crippen LogP contribution in [0.5, 0.6) is 0 Å². The Balaban J connectivity index is 4.18. The molecule has 74 valence electrons. The van der Waals surface area contributed by atoms with Gasteiger partial charge in [0.25, 0.3) is 0 Å². The molecule has 13 heavy (non-hydrogen) atoms. The van der Waals surface area contributed by atoms with Crippen LogP contribution in [0.15, 0.2) is 0 Å². The molecule has 7 nitrogen and oxygen atoms in total. The second-order valence-electron chi connectivity index (χ2n) is 2.29. The maximum atomic E-state index is 10.5. The molecular formula is C6H10N2O5. The van der Waals surface area contributed by atoms with Crippen molar-refractivity contribution in [1.82, 2.24) is 5.32 Å². The van der Waals surface area contributed by atoms with Crippen molar-refractivity contribution in [3.63, 3.8) is 0 Å².